The summed E-state index contributed by atoms with van der Waals surface area (Å²) >= 11 is 0. The van der Waals surface area contributed by atoms with Crippen molar-refractivity contribution in [1.29, 1.82) is 5.26 Å². The van der Waals surface area contributed by atoms with Gasteiger partial charge in [0.05, 0.1) is 24.7 Å². The maximum absolute atomic E-state index is 9.39. The highest BCUT2D eigenvalue weighted by molar-refractivity contribution is 5.37. The number of para-hydroxylation sites is 1. The zero-order valence-electron chi connectivity index (χ0n) is 10.3. The summed E-state index contributed by atoms with van der Waals surface area (Å²) < 4.78 is 10.9. The van der Waals surface area contributed by atoms with Gasteiger partial charge in [0.25, 0.3) is 0 Å². The zero-order valence-corrected chi connectivity index (χ0v) is 10.3. The van der Waals surface area contributed by atoms with Crippen LogP contribution in [0.3, 0.4) is 0 Å². The minimum Gasteiger partial charge on any atom is -0.492 e. The minimum atomic E-state index is -0.510. The van der Waals surface area contributed by atoms with Crippen LogP contribution in [0.1, 0.15) is 12.0 Å². The van der Waals surface area contributed by atoms with E-state index < -0.39 is 5.41 Å². The van der Waals surface area contributed by atoms with Crippen LogP contribution in [0.2, 0.25) is 0 Å². The second kappa shape index (κ2) is 5.85. The molecule has 0 fully saturated rings. The molecule has 0 saturated heterocycles. The van der Waals surface area contributed by atoms with Crippen LogP contribution >= 0.6 is 0 Å². The topological polar surface area (TPSA) is 62.5 Å². The van der Waals surface area contributed by atoms with Gasteiger partial charge in [-0.25, -0.2) is 0 Å². The molecule has 18 heavy (non-hydrogen) atoms. The number of fused-ring (bicyclic) bond motifs is 1. The Morgan fingerprint density at radius 1 is 1.39 bits per heavy atom. The highest BCUT2D eigenvalue weighted by atomic mass is 16.5. The molecule has 0 bridgehead atoms. The molecule has 2 rings (SSSR count). The monoisotopic (exact) mass is 247 g/mol. The SMILES string of the molecule is N#CC1(CCOCCO)COc2ccccc2C1. The molecule has 0 radical (unpaired) electrons. The molecule has 0 aromatic heterocycles. The summed E-state index contributed by atoms with van der Waals surface area (Å²) in [5.74, 6) is 0.875. The quantitative estimate of drug-likeness (QED) is 0.801. The summed E-state index contributed by atoms with van der Waals surface area (Å²) in [5, 5.41) is 18.0. The maximum Gasteiger partial charge on any atom is 0.122 e. The first-order valence-electron chi connectivity index (χ1n) is 6.10. The van der Waals surface area contributed by atoms with Gasteiger partial charge in [0.15, 0.2) is 0 Å². The molecular weight excluding hydrogens is 230 g/mol. The number of benzene rings is 1. The highest BCUT2D eigenvalue weighted by Gasteiger charge is 2.35. The molecule has 0 amide bonds. The van der Waals surface area contributed by atoms with Crippen LogP contribution in [-0.2, 0) is 11.2 Å². The van der Waals surface area contributed by atoms with E-state index in [9.17, 15) is 5.26 Å². The van der Waals surface area contributed by atoms with E-state index in [4.69, 9.17) is 14.6 Å². The lowest BCUT2D eigenvalue weighted by atomic mass is 9.79. The molecule has 1 unspecified atom stereocenters. The van der Waals surface area contributed by atoms with E-state index in [-0.39, 0.29) is 6.61 Å². The number of rotatable bonds is 5. The molecular formula is C14H17NO3. The van der Waals surface area contributed by atoms with Crippen molar-refractivity contribution < 1.29 is 14.6 Å². The van der Waals surface area contributed by atoms with Crippen LogP contribution in [0.4, 0.5) is 0 Å². The van der Waals surface area contributed by atoms with Crippen molar-refractivity contribution >= 4 is 0 Å². The van der Waals surface area contributed by atoms with Gasteiger partial charge in [-0.3, -0.25) is 0 Å². The number of aliphatic hydroxyl groups excluding tert-OH is 1. The molecule has 1 N–H and O–H groups in total. The zero-order chi connectivity index (χ0) is 12.8. The molecule has 1 aliphatic rings. The van der Waals surface area contributed by atoms with Crippen LogP contribution in [0.15, 0.2) is 24.3 Å². The Morgan fingerprint density at radius 2 is 2.22 bits per heavy atom. The first-order chi connectivity index (χ1) is 8.79. The van der Waals surface area contributed by atoms with Crippen molar-refractivity contribution in [2.45, 2.75) is 12.8 Å². The Bertz CT molecular complexity index is 441. The fraction of sp³-hybridized carbons (Fsp3) is 0.500. The van der Waals surface area contributed by atoms with Crippen molar-refractivity contribution in [1.82, 2.24) is 0 Å². The lowest BCUT2D eigenvalue weighted by molar-refractivity contribution is 0.0604. The Kier molecular flexibility index (Phi) is 4.19. The van der Waals surface area contributed by atoms with E-state index in [1.54, 1.807) is 0 Å². The van der Waals surface area contributed by atoms with Crippen molar-refractivity contribution in [3.8, 4) is 11.8 Å². The summed E-state index contributed by atoms with van der Waals surface area (Å²) in [6.07, 6.45) is 1.32. The van der Waals surface area contributed by atoms with Gasteiger partial charge in [0.2, 0.25) is 0 Å². The fourth-order valence-corrected chi connectivity index (χ4v) is 2.14. The molecule has 4 heteroatoms. The predicted octanol–water partition coefficient (Wildman–Crippen LogP) is 1.53. The molecule has 0 aliphatic carbocycles. The van der Waals surface area contributed by atoms with Gasteiger partial charge in [0.1, 0.15) is 12.4 Å². The van der Waals surface area contributed by atoms with Crippen molar-refractivity contribution in [2.75, 3.05) is 26.4 Å². The minimum absolute atomic E-state index is 0.0128. The largest absolute Gasteiger partial charge is 0.492 e. The first-order valence-corrected chi connectivity index (χ1v) is 6.10. The Labute approximate surface area is 107 Å². The lowest BCUT2D eigenvalue weighted by Gasteiger charge is -2.32. The molecule has 1 aliphatic heterocycles. The van der Waals surface area contributed by atoms with Crippen molar-refractivity contribution in [3.05, 3.63) is 29.8 Å². The van der Waals surface area contributed by atoms with E-state index in [0.717, 1.165) is 11.3 Å². The molecule has 0 spiro atoms. The second-order valence-electron chi connectivity index (χ2n) is 4.55. The molecule has 4 nitrogen and oxygen atoms in total. The number of ether oxygens (including phenoxy) is 2. The van der Waals surface area contributed by atoms with E-state index in [2.05, 4.69) is 6.07 Å². The summed E-state index contributed by atoms with van der Waals surface area (Å²) in [4.78, 5) is 0. The van der Waals surface area contributed by atoms with Crippen LogP contribution < -0.4 is 4.74 Å². The second-order valence-corrected chi connectivity index (χ2v) is 4.55. The van der Waals surface area contributed by atoms with E-state index >= 15 is 0 Å². The van der Waals surface area contributed by atoms with Crippen LogP contribution in [0, 0.1) is 16.7 Å². The lowest BCUT2D eigenvalue weighted by Crippen LogP contribution is -2.34. The number of hydrogen-bond acceptors (Lipinski definition) is 4. The standard InChI is InChI=1S/C14H17NO3/c15-10-14(5-7-17-8-6-16)9-12-3-1-2-4-13(12)18-11-14/h1-4,16H,5-9,11H2. The van der Waals surface area contributed by atoms with Gasteiger partial charge in [-0.2, -0.15) is 5.26 Å². The van der Waals surface area contributed by atoms with E-state index in [0.29, 0.717) is 32.7 Å². The summed E-state index contributed by atoms with van der Waals surface area (Å²) in [6.45, 7) is 1.21. The predicted molar refractivity (Wildman–Crippen MR) is 66.2 cm³/mol. The average Bonchev–Trinajstić information content (AvgIpc) is 2.43. The first kappa shape index (κ1) is 12.9. The van der Waals surface area contributed by atoms with Gasteiger partial charge in [0, 0.05) is 6.61 Å². The number of nitriles is 1. The Hall–Kier alpha value is -1.57. The van der Waals surface area contributed by atoms with Gasteiger partial charge < -0.3 is 14.6 Å². The van der Waals surface area contributed by atoms with Crippen LogP contribution in [0.5, 0.6) is 5.75 Å². The molecule has 1 atom stereocenters. The molecule has 0 saturated carbocycles. The number of aliphatic hydroxyl groups is 1. The third kappa shape index (κ3) is 2.81. The van der Waals surface area contributed by atoms with Gasteiger partial charge >= 0.3 is 0 Å². The third-order valence-electron chi connectivity index (χ3n) is 3.20. The highest BCUT2D eigenvalue weighted by Crippen LogP contribution is 2.36. The van der Waals surface area contributed by atoms with E-state index in [1.807, 2.05) is 24.3 Å². The van der Waals surface area contributed by atoms with Gasteiger partial charge in [-0.15, -0.1) is 0 Å². The third-order valence-corrected chi connectivity index (χ3v) is 3.20. The maximum atomic E-state index is 9.39. The summed E-state index contributed by atoms with van der Waals surface area (Å²) in [5.41, 5.74) is 0.566. The summed E-state index contributed by atoms with van der Waals surface area (Å²) in [6, 6.07) is 10.2. The number of nitrogens with zero attached hydrogens (tertiary/aromatic N) is 1. The van der Waals surface area contributed by atoms with Gasteiger partial charge in [-0.1, -0.05) is 18.2 Å². The molecule has 96 valence electrons. The van der Waals surface area contributed by atoms with Gasteiger partial charge in [-0.05, 0) is 24.5 Å². The Morgan fingerprint density at radius 3 is 3.00 bits per heavy atom. The molecule has 1 aromatic carbocycles. The van der Waals surface area contributed by atoms with E-state index in [1.165, 1.54) is 0 Å². The van der Waals surface area contributed by atoms with Crippen molar-refractivity contribution in [2.24, 2.45) is 5.41 Å². The molecule has 1 heterocycles. The number of hydrogen-bond donors (Lipinski definition) is 1. The summed E-state index contributed by atoms with van der Waals surface area (Å²) in [7, 11) is 0. The average molecular weight is 247 g/mol. The van der Waals surface area contributed by atoms with Crippen molar-refractivity contribution in [3.63, 3.8) is 0 Å². The normalized spacial score (nSPS) is 21.8. The smallest absolute Gasteiger partial charge is 0.122 e. The molecule has 1 aromatic rings. The fourth-order valence-electron chi connectivity index (χ4n) is 2.14. The Balaban J connectivity index is 2.01. The van der Waals surface area contributed by atoms with Crippen LogP contribution in [-0.4, -0.2) is 31.5 Å². The van der Waals surface area contributed by atoms with Crippen LogP contribution in [0.25, 0.3) is 0 Å².